The van der Waals surface area contributed by atoms with E-state index < -0.39 is 27.6 Å². The first-order valence-electron chi connectivity index (χ1n) is 18.5. The van der Waals surface area contributed by atoms with E-state index >= 15 is 0 Å². The molecule has 3 heterocycles. The van der Waals surface area contributed by atoms with Gasteiger partial charge in [-0.1, -0.05) is 0 Å². The van der Waals surface area contributed by atoms with Gasteiger partial charge in [-0.15, -0.1) is 0 Å². The van der Waals surface area contributed by atoms with Gasteiger partial charge in [-0.05, 0) is 0 Å². The fourth-order valence-electron chi connectivity index (χ4n) is 9.73. The number of fused-ring (bicyclic) bond motifs is 6. The molecule has 0 amide bonds. The Hall–Kier alpha value is -5.49. The molecule has 248 valence electrons. The van der Waals surface area contributed by atoms with Crippen LogP contribution >= 0.6 is 0 Å². The van der Waals surface area contributed by atoms with Crippen LogP contribution in [0.15, 0.2) is 200 Å². The number of hydrogen-bond donors (Lipinski definition) is 0. The van der Waals surface area contributed by atoms with Crippen molar-refractivity contribution in [1.29, 1.82) is 0 Å². The molecular weight excluding hydrogens is 763 g/mol. The van der Waals surface area contributed by atoms with Crippen LogP contribution in [-0.4, -0.2) is 34.3 Å². The molecule has 5 heteroatoms. The molecule has 0 saturated heterocycles. The van der Waals surface area contributed by atoms with Crippen LogP contribution in [0.2, 0.25) is 0 Å². The Bertz CT molecular complexity index is 2600. The molecule has 2 nitrogen and oxygen atoms in total. The van der Waals surface area contributed by atoms with E-state index in [1.807, 2.05) is 0 Å². The van der Waals surface area contributed by atoms with Crippen LogP contribution in [-0.2, 0) is 0 Å². The van der Waals surface area contributed by atoms with Gasteiger partial charge in [0.1, 0.15) is 0 Å². The maximum absolute atomic E-state index is 6.57. The SMILES string of the molecule is c1cc[c]([GeH]2[c]3ccccc3B3c4cccc[c]4[Ge]([c]4ccccc4)([c]4ccccc4)[c]4cc(N5c6ccccc6Oc6ccccc65)c[c]2c43)cc1. The second-order valence-electron chi connectivity index (χ2n) is 14.3. The van der Waals surface area contributed by atoms with Crippen molar-refractivity contribution in [2.75, 3.05) is 4.90 Å². The van der Waals surface area contributed by atoms with Gasteiger partial charge in [0.25, 0.3) is 0 Å². The Morgan fingerprint density at radius 1 is 0.453 bits per heavy atom. The maximum atomic E-state index is 6.57. The average molecular weight is 797 g/mol. The van der Waals surface area contributed by atoms with Gasteiger partial charge in [-0.2, -0.15) is 0 Å². The van der Waals surface area contributed by atoms with Crippen molar-refractivity contribution in [2.24, 2.45) is 0 Å². The summed E-state index contributed by atoms with van der Waals surface area (Å²) >= 11 is -6.39. The Morgan fingerprint density at radius 2 is 0.981 bits per heavy atom. The molecule has 0 fully saturated rings. The molecule has 11 rings (SSSR count). The van der Waals surface area contributed by atoms with Crippen LogP contribution in [0.3, 0.4) is 0 Å². The van der Waals surface area contributed by atoms with Crippen LogP contribution < -0.4 is 56.8 Å². The molecule has 0 spiro atoms. The second kappa shape index (κ2) is 12.3. The van der Waals surface area contributed by atoms with Crippen LogP contribution in [0.25, 0.3) is 0 Å². The predicted molar refractivity (Wildman–Crippen MR) is 228 cm³/mol. The molecular formula is C48H34BGe2NO. The minimum atomic E-state index is -3.71. The summed E-state index contributed by atoms with van der Waals surface area (Å²) in [7, 11) is 0. The molecule has 0 radical (unpaired) electrons. The fourth-order valence-corrected chi connectivity index (χ4v) is 28.9. The number of benzene rings is 8. The zero-order valence-corrected chi connectivity index (χ0v) is 33.6. The summed E-state index contributed by atoms with van der Waals surface area (Å²) in [6, 6.07) is 75.7. The fraction of sp³-hybridized carbons (Fsp3) is 0. The van der Waals surface area contributed by atoms with Crippen LogP contribution in [0.5, 0.6) is 11.5 Å². The molecule has 1 atom stereocenters. The number of ether oxygens (including phenoxy) is 1. The molecule has 0 aliphatic carbocycles. The third-order valence-corrected chi connectivity index (χ3v) is 28.9. The van der Waals surface area contributed by atoms with Crippen LogP contribution in [0.1, 0.15) is 0 Å². The molecule has 0 aromatic heterocycles. The number of rotatable bonds is 4. The minimum absolute atomic E-state index is 0.169. The van der Waals surface area contributed by atoms with Crippen molar-refractivity contribution in [3.05, 3.63) is 200 Å². The third-order valence-electron chi connectivity index (χ3n) is 11.7. The summed E-state index contributed by atoms with van der Waals surface area (Å²) in [5.74, 6) is 1.76. The molecule has 0 bridgehead atoms. The van der Waals surface area contributed by atoms with Gasteiger partial charge in [-0.3, -0.25) is 0 Å². The van der Waals surface area contributed by atoms with Crippen LogP contribution in [0.4, 0.5) is 17.1 Å². The van der Waals surface area contributed by atoms with E-state index in [9.17, 15) is 0 Å². The normalized spacial score (nSPS) is 15.6. The first-order valence-corrected chi connectivity index (χ1v) is 26.3. The van der Waals surface area contributed by atoms with Crippen molar-refractivity contribution in [3.63, 3.8) is 0 Å². The van der Waals surface area contributed by atoms with Gasteiger partial charge in [-0.25, -0.2) is 0 Å². The Morgan fingerprint density at radius 3 is 1.64 bits per heavy atom. The molecule has 0 saturated carbocycles. The zero-order valence-electron chi connectivity index (χ0n) is 29.1. The summed E-state index contributed by atoms with van der Waals surface area (Å²) in [5.41, 5.74) is 7.90. The Labute approximate surface area is 317 Å². The zero-order chi connectivity index (χ0) is 34.9. The Balaban J connectivity index is 1.34. The van der Waals surface area contributed by atoms with Gasteiger partial charge in [0.15, 0.2) is 0 Å². The van der Waals surface area contributed by atoms with Crippen molar-refractivity contribution in [3.8, 4) is 11.5 Å². The summed E-state index contributed by atoms with van der Waals surface area (Å²) in [6.07, 6.45) is 0. The van der Waals surface area contributed by atoms with Gasteiger partial charge < -0.3 is 0 Å². The predicted octanol–water partition coefficient (Wildman–Crippen LogP) is 4.03. The van der Waals surface area contributed by atoms with E-state index in [-0.39, 0.29) is 6.71 Å². The number of nitrogens with zero attached hydrogens (tertiary/aromatic N) is 1. The topological polar surface area (TPSA) is 12.5 Å². The van der Waals surface area contributed by atoms with E-state index in [2.05, 4.69) is 205 Å². The number of para-hydroxylation sites is 4. The first kappa shape index (κ1) is 31.1. The molecule has 8 aromatic rings. The number of hydrogen-bond acceptors (Lipinski definition) is 2. The molecule has 3 aliphatic heterocycles. The van der Waals surface area contributed by atoms with Crippen molar-refractivity contribution in [1.82, 2.24) is 0 Å². The van der Waals surface area contributed by atoms with E-state index in [0.717, 1.165) is 22.9 Å². The van der Waals surface area contributed by atoms with Gasteiger partial charge in [0.05, 0.1) is 0 Å². The standard InChI is InChI=1S/C48H34BGe2NO/c1-4-18-34(19-5-1)50-40-26-12-10-24-38(40)49-39-25-11-13-27-42(39)51(35-20-6-2-7-21-35,36-22-8-3-9-23-36)43-33-37(32-41(50)48(43)49)52-44-28-14-16-30-46(44)53-47-31-17-15-29-45(47)52/h1-33,50H. The van der Waals surface area contributed by atoms with Gasteiger partial charge >= 0.3 is 320 Å². The first-order chi connectivity index (χ1) is 26.3. The van der Waals surface area contributed by atoms with Crippen LogP contribution in [0, 0.1) is 0 Å². The van der Waals surface area contributed by atoms with Crippen molar-refractivity contribution >= 4 is 98.5 Å². The van der Waals surface area contributed by atoms with Gasteiger partial charge in [0.2, 0.25) is 0 Å². The van der Waals surface area contributed by atoms with E-state index in [0.29, 0.717) is 0 Å². The second-order valence-corrected chi connectivity index (χ2v) is 28.0. The monoisotopic (exact) mass is 799 g/mol. The summed E-state index contributed by atoms with van der Waals surface area (Å²) in [5, 5.41) is 0. The van der Waals surface area contributed by atoms with E-state index in [4.69, 9.17) is 4.74 Å². The molecule has 53 heavy (non-hydrogen) atoms. The molecule has 0 N–H and O–H groups in total. The average Bonchev–Trinajstić information content (AvgIpc) is 3.23. The van der Waals surface area contributed by atoms with Crippen molar-refractivity contribution < 1.29 is 4.74 Å². The van der Waals surface area contributed by atoms with E-state index in [1.165, 1.54) is 34.2 Å². The summed E-state index contributed by atoms with van der Waals surface area (Å²) < 4.78 is 17.3. The van der Waals surface area contributed by atoms with Crippen molar-refractivity contribution in [2.45, 2.75) is 0 Å². The van der Waals surface area contributed by atoms with Gasteiger partial charge in [0, 0.05) is 0 Å². The van der Waals surface area contributed by atoms with E-state index in [1.54, 1.807) is 18.7 Å². The molecule has 3 aliphatic rings. The summed E-state index contributed by atoms with van der Waals surface area (Å²) in [4.78, 5) is 2.48. The summed E-state index contributed by atoms with van der Waals surface area (Å²) in [6.45, 7) is 0.169. The molecule has 1 unspecified atom stereocenters. The quantitative estimate of drug-likeness (QED) is 0.250. The third kappa shape index (κ3) is 4.54. The molecule has 8 aromatic carbocycles. The Kier molecular flexibility index (Phi) is 7.21. The number of anilines is 3.